The van der Waals surface area contributed by atoms with Crippen molar-refractivity contribution in [3.05, 3.63) is 0 Å². The Morgan fingerprint density at radius 3 is 1.07 bits per heavy atom. The van der Waals surface area contributed by atoms with E-state index in [0.29, 0.717) is 0 Å². The van der Waals surface area contributed by atoms with Gasteiger partial charge in [-0.25, -0.2) is 0 Å². The molecule has 0 saturated carbocycles. The summed E-state index contributed by atoms with van der Waals surface area (Å²) in [5.41, 5.74) is 0. The Kier molecular flexibility index (Phi) is 9.29. The van der Waals surface area contributed by atoms with Crippen LogP contribution in [0, 0.1) is 0 Å². The van der Waals surface area contributed by atoms with E-state index >= 15 is 0 Å². The summed E-state index contributed by atoms with van der Waals surface area (Å²) in [4.78, 5) is 0. The molecule has 0 aromatic rings. The molecule has 0 bridgehead atoms. The predicted octanol–water partition coefficient (Wildman–Crippen LogP) is 1.86. The second-order valence-electron chi connectivity index (χ2n) is 4.02. The molecule has 90 valence electrons. The zero-order valence-electron chi connectivity index (χ0n) is 10.4. The molecule has 0 radical (unpaired) electrons. The number of hydrogen-bond donors (Lipinski definition) is 1. The molecular formula is C10H22O4Ti. The van der Waals surface area contributed by atoms with Gasteiger partial charge in [-0.2, -0.15) is 0 Å². The van der Waals surface area contributed by atoms with E-state index in [9.17, 15) is 5.11 Å². The average molecular weight is 254 g/mol. The van der Waals surface area contributed by atoms with Gasteiger partial charge in [0, 0.05) is 21.7 Å². The van der Waals surface area contributed by atoms with Crippen molar-refractivity contribution < 1.29 is 41.0 Å². The van der Waals surface area contributed by atoms with Crippen LogP contribution >= 0.6 is 0 Å². The predicted molar refractivity (Wildman–Crippen MR) is 53.6 cm³/mol. The SMILES string of the molecule is CC(C)OC(O)(OC(C)C)OC(C)C.[Ti]. The normalized spacial score (nSPS) is 12.4. The van der Waals surface area contributed by atoms with E-state index in [1.807, 2.05) is 0 Å². The molecule has 0 aromatic carbocycles. The van der Waals surface area contributed by atoms with Crippen LogP contribution in [0.3, 0.4) is 0 Å². The third-order valence-electron chi connectivity index (χ3n) is 1.15. The van der Waals surface area contributed by atoms with Gasteiger partial charge in [0.1, 0.15) is 0 Å². The van der Waals surface area contributed by atoms with Crippen LogP contribution in [0.2, 0.25) is 0 Å². The zero-order valence-corrected chi connectivity index (χ0v) is 12.0. The summed E-state index contributed by atoms with van der Waals surface area (Å²) in [5.74, 6) is 0. The van der Waals surface area contributed by atoms with Crippen LogP contribution in [-0.2, 0) is 35.9 Å². The van der Waals surface area contributed by atoms with Crippen LogP contribution in [-0.4, -0.2) is 29.6 Å². The van der Waals surface area contributed by atoms with Gasteiger partial charge < -0.3 is 19.3 Å². The van der Waals surface area contributed by atoms with E-state index in [2.05, 4.69) is 0 Å². The maximum Gasteiger partial charge on any atom is 0.410 e. The smallest absolute Gasteiger partial charge is 0.319 e. The van der Waals surface area contributed by atoms with E-state index in [-0.39, 0.29) is 40.0 Å². The van der Waals surface area contributed by atoms with E-state index in [0.717, 1.165) is 0 Å². The van der Waals surface area contributed by atoms with Gasteiger partial charge in [0.2, 0.25) is 0 Å². The Hall–Kier alpha value is 0.554. The van der Waals surface area contributed by atoms with Crippen molar-refractivity contribution in [2.24, 2.45) is 0 Å². The summed E-state index contributed by atoms with van der Waals surface area (Å²) in [5, 5.41) is 9.86. The van der Waals surface area contributed by atoms with Gasteiger partial charge in [0.15, 0.2) is 0 Å². The van der Waals surface area contributed by atoms with E-state index in [1.165, 1.54) is 0 Å². The Morgan fingerprint density at radius 1 is 0.733 bits per heavy atom. The first-order chi connectivity index (χ1) is 6.25. The Bertz CT molecular complexity index is 133. The van der Waals surface area contributed by atoms with Gasteiger partial charge in [0.05, 0.1) is 18.3 Å². The van der Waals surface area contributed by atoms with Crippen LogP contribution in [0.15, 0.2) is 0 Å². The molecule has 0 fully saturated rings. The number of ether oxygens (including phenoxy) is 3. The fourth-order valence-corrected chi connectivity index (χ4v) is 0.977. The van der Waals surface area contributed by atoms with Crippen molar-refractivity contribution in [3.8, 4) is 0 Å². The monoisotopic (exact) mass is 254 g/mol. The molecule has 1 N–H and O–H groups in total. The standard InChI is InChI=1S/C10H22O4.Ti/c1-7(2)12-10(11,13-8(3)4)14-9(5)6;/h7-9,11H,1-6H3;. The first-order valence-corrected chi connectivity index (χ1v) is 5.01. The molecule has 0 aliphatic heterocycles. The van der Waals surface area contributed by atoms with Crippen LogP contribution < -0.4 is 0 Å². The molecule has 0 aliphatic carbocycles. The van der Waals surface area contributed by atoms with Crippen molar-refractivity contribution in [1.82, 2.24) is 0 Å². The molecule has 5 heteroatoms. The minimum absolute atomic E-state index is 0. The maximum atomic E-state index is 9.86. The van der Waals surface area contributed by atoms with Crippen molar-refractivity contribution in [3.63, 3.8) is 0 Å². The topological polar surface area (TPSA) is 47.9 Å². The van der Waals surface area contributed by atoms with Gasteiger partial charge in [-0.15, -0.1) is 0 Å². The third kappa shape index (κ3) is 9.48. The molecule has 0 aromatic heterocycles. The largest absolute Gasteiger partial charge is 0.410 e. The van der Waals surface area contributed by atoms with Crippen LogP contribution in [0.4, 0.5) is 0 Å². The van der Waals surface area contributed by atoms with Gasteiger partial charge in [-0.1, -0.05) is 0 Å². The van der Waals surface area contributed by atoms with Gasteiger partial charge in [-0.05, 0) is 41.5 Å². The summed E-state index contributed by atoms with van der Waals surface area (Å²) >= 11 is 0. The second kappa shape index (κ2) is 7.77. The fourth-order valence-electron chi connectivity index (χ4n) is 0.977. The summed E-state index contributed by atoms with van der Waals surface area (Å²) in [6, 6.07) is 0. The van der Waals surface area contributed by atoms with E-state index < -0.39 is 6.16 Å². The Balaban J connectivity index is 0. The summed E-state index contributed by atoms with van der Waals surface area (Å²) in [7, 11) is 0. The van der Waals surface area contributed by atoms with Crippen LogP contribution in [0.1, 0.15) is 41.5 Å². The first-order valence-electron chi connectivity index (χ1n) is 5.01. The molecule has 0 heterocycles. The summed E-state index contributed by atoms with van der Waals surface area (Å²) < 4.78 is 15.5. The first kappa shape index (κ1) is 17.9. The molecule has 15 heavy (non-hydrogen) atoms. The van der Waals surface area contributed by atoms with Crippen molar-refractivity contribution in [2.45, 2.75) is 66.0 Å². The van der Waals surface area contributed by atoms with Crippen molar-refractivity contribution in [1.29, 1.82) is 0 Å². The third-order valence-corrected chi connectivity index (χ3v) is 1.15. The molecule has 0 spiro atoms. The molecule has 0 atom stereocenters. The van der Waals surface area contributed by atoms with E-state index in [1.54, 1.807) is 41.5 Å². The number of rotatable bonds is 6. The van der Waals surface area contributed by atoms with E-state index in [4.69, 9.17) is 14.2 Å². The summed E-state index contributed by atoms with van der Waals surface area (Å²) in [6.45, 7) is 10.8. The number of aliphatic hydroxyl groups is 1. The second-order valence-corrected chi connectivity index (χ2v) is 4.02. The molecule has 4 nitrogen and oxygen atoms in total. The van der Waals surface area contributed by atoms with Crippen LogP contribution in [0.5, 0.6) is 0 Å². The molecule has 0 rings (SSSR count). The van der Waals surface area contributed by atoms with Gasteiger partial charge in [0.25, 0.3) is 0 Å². The quantitative estimate of drug-likeness (QED) is 0.580. The molecule has 0 unspecified atom stereocenters. The minimum Gasteiger partial charge on any atom is -0.319 e. The Morgan fingerprint density at radius 2 is 0.933 bits per heavy atom. The van der Waals surface area contributed by atoms with Crippen LogP contribution in [0.25, 0.3) is 0 Å². The molecule has 0 aliphatic rings. The maximum absolute atomic E-state index is 9.86. The summed E-state index contributed by atoms with van der Waals surface area (Å²) in [6.07, 6.45) is -2.44. The molecule has 0 amide bonds. The molecule has 0 saturated heterocycles. The van der Waals surface area contributed by atoms with Gasteiger partial charge >= 0.3 is 6.16 Å². The average Bonchev–Trinajstić information content (AvgIpc) is 1.76. The fraction of sp³-hybridized carbons (Fsp3) is 1.00. The Labute approximate surface area is 107 Å². The number of hydrogen-bond acceptors (Lipinski definition) is 4. The van der Waals surface area contributed by atoms with Gasteiger partial charge in [-0.3, -0.25) is 0 Å². The zero-order chi connectivity index (χ0) is 11.4. The molecular weight excluding hydrogens is 232 g/mol. The minimum atomic E-state index is -1.93. The van der Waals surface area contributed by atoms with Crippen molar-refractivity contribution >= 4 is 0 Å². The van der Waals surface area contributed by atoms with Crippen molar-refractivity contribution in [2.75, 3.05) is 0 Å².